The zero-order valence-electron chi connectivity index (χ0n) is 24.3. The molecule has 2 aliphatic heterocycles. The van der Waals surface area contributed by atoms with Gasteiger partial charge in [0.05, 0.1) is 39.6 Å². The van der Waals surface area contributed by atoms with Crippen molar-refractivity contribution in [3.63, 3.8) is 0 Å². The second-order valence-electron chi connectivity index (χ2n) is 9.79. The number of hydrogen-bond donors (Lipinski definition) is 1. The number of nitrogens with one attached hydrogen (secondary N) is 1. The molecule has 2 heterocycles. The maximum atomic E-state index is 13.4. The highest BCUT2D eigenvalue weighted by Gasteiger charge is 2.38. The van der Waals surface area contributed by atoms with Crippen LogP contribution in [0.5, 0.6) is 17.2 Å². The molecule has 1 unspecified atom stereocenters. The monoisotopic (exact) mass is 566 g/mol. The van der Waals surface area contributed by atoms with Crippen LogP contribution in [-0.2, 0) is 9.53 Å². The predicted molar refractivity (Wildman–Crippen MR) is 152 cm³/mol. The minimum atomic E-state index is -0.743. The number of nitrogens with zero attached hydrogens (tertiary/aromatic N) is 3. The Morgan fingerprint density at radius 2 is 1.66 bits per heavy atom. The number of carbonyl (C=O) groups is 3. The smallest absolute Gasteiger partial charge is 0.338 e. The summed E-state index contributed by atoms with van der Waals surface area (Å²) in [7, 11) is 6.31. The Kier molecular flexibility index (Phi) is 9.72. The molecule has 11 nitrogen and oxygen atoms in total. The van der Waals surface area contributed by atoms with Crippen molar-refractivity contribution in [1.29, 1.82) is 0 Å². The van der Waals surface area contributed by atoms with Gasteiger partial charge in [0.2, 0.25) is 0 Å². The zero-order valence-corrected chi connectivity index (χ0v) is 24.3. The summed E-state index contributed by atoms with van der Waals surface area (Å²) in [5, 5.41) is 2.94. The van der Waals surface area contributed by atoms with Crippen LogP contribution in [0.2, 0.25) is 0 Å². The van der Waals surface area contributed by atoms with Crippen molar-refractivity contribution in [2.75, 3.05) is 67.7 Å². The van der Waals surface area contributed by atoms with E-state index >= 15 is 0 Å². The van der Waals surface area contributed by atoms with Crippen molar-refractivity contribution in [2.24, 2.45) is 0 Å². The van der Waals surface area contributed by atoms with Gasteiger partial charge in [-0.1, -0.05) is 6.07 Å². The maximum absolute atomic E-state index is 13.4. The first-order chi connectivity index (χ1) is 19.8. The molecule has 41 heavy (non-hydrogen) atoms. The Balaban J connectivity index is 1.60. The first kappa shape index (κ1) is 29.7. The third-order valence-corrected chi connectivity index (χ3v) is 7.40. The second kappa shape index (κ2) is 13.4. The third kappa shape index (κ3) is 6.57. The van der Waals surface area contributed by atoms with Crippen molar-refractivity contribution in [2.45, 2.75) is 19.4 Å². The molecule has 1 atom stereocenters. The molecular weight excluding hydrogens is 528 g/mol. The van der Waals surface area contributed by atoms with Crippen LogP contribution in [0.3, 0.4) is 0 Å². The van der Waals surface area contributed by atoms with Gasteiger partial charge in [-0.05, 0) is 55.3 Å². The fourth-order valence-electron chi connectivity index (χ4n) is 5.14. The van der Waals surface area contributed by atoms with E-state index in [4.69, 9.17) is 18.9 Å². The van der Waals surface area contributed by atoms with E-state index in [9.17, 15) is 14.4 Å². The molecule has 0 aromatic heterocycles. The minimum absolute atomic E-state index is 0.0383. The van der Waals surface area contributed by atoms with Crippen LogP contribution in [0.1, 0.15) is 35.3 Å². The van der Waals surface area contributed by atoms with Gasteiger partial charge in [0, 0.05) is 51.0 Å². The van der Waals surface area contributed by atoms with Gasteiger partial charge in [-0.25, -0.2) is 9.59 Å². The number of likely N-dealkylation sites (N-methyl/N-ethyl adjacent to an activating group) is 1. The molecule has 1 saturated heterocycles. The molecule has 1 N–H and O–H groups in total. The topological polar surface area (TPSA) is 110 Å². The number of rotatable bonds is 9. The number of benzene rings is 2. The van der Waals surface area contributed by atoms with E-state index in [1.165, 1.54) is 12.0 Å². The summed E-state index contributed by atoms with van der Waals surface area (Å²) < 4.78 is 21.5. The normalized spacial score (nSPS) is 18.0. The molecular formula is C30H38N4O7. The predicted octanol–water partition coefficient (Wildman–Crippen LogP) is 3.07. The molecule has 0 saturated carbocycles. The summed E-state index contributed by atoms with van der Waals surface area (Å²) in [6.45, 7) is 4.68. The molecule has 0 aliphatic carbocycles. The van der Waals surface area contributed by atoms with Gasteiger partial charge in [-0.2, -0.15) is 0 Å². The lowest BCUT2D eigenvalue weighted by Gasteiger charge is -2.36. The van der Waals surface area contributed by atoms with Crippen molar-refractivity contribution in [3.05, 3.63) is 64.9 Å². The summed E-state index contributed by atoms with van der Waals surface area (Å²) in [5.74, 6) is 1.18. The lowest BCUT2D eigenvalue weighted by molar-refractivity contribution is -0.139. The number of amides is 3. The highest BCUT2D eigenvalue weighted by molar-refractivity contribution is 5.95. The number of esters is 1. The van der Waals surface area contributed by atoms with E-state index in [2.05, 4.69) is 10.2 Å². The summed E-state index contributed by atoms with van der Waals surface area (Å²) >= 11 is 0. The zero-order chi connectivity index (χ0) is 29.5. The molecule has 0 spiro atoms. The van der Waals surface area contributed by atoms with Gasteiger partial charge in [0.1, 0.15) is 5.75 Å². The van der Waals surface area contributed by atoms with E-state index < -0.39 is 12.0 Å². The molecule has 2 aromatic carbocycles. The fraction of sp³-hybridized carbons (Fsp3) is 0.433. The molecule has 4 rings (SSSR count). The first-order valence-electron chi connectivity index (χ1n) is 13.6. The molecule has 0 bridgehead atoms. The minimum Gasteiger partial charge on any atom is -0.497 e. The van der Waals surface area contributed by atoms with Gasteiger partial charge < -0.3 is 29.2 Å². The summed E-state index contributed by atoms with van der Waals surface area (Å²) in [6.07, 6.45) is 0.749. The SMILES string of the molecule is CCOC(=O)C1=C(CN2CCCN(C(=O)c3ccc(OC)cc3)CC2)N(C)C(=O)NC1c1ccc(OC)c(OC)c1. The summed E-state index contributed by atoms with van der Waals surface area (Å²) in [5.41, 5.74) is 2.18. The Morgan fingerprint density at radius 1 is 0.927 bits per heavy atom. The number of hydrogen-bond acceptors (Lipinski definition) is 8. The van der Waals surface area contributed by atoms with Gasteiger partial charge in [-0.15, -0.1) is 0 Å². The summed E-state index contributed by atoms with van der Waals surface area (Å²) in [4.78, 5) is 45.2. The molecule has 2 aliphatic rings. The van der Waals surface area contributed by atoms with Crippen molar-refractivity contribution >= 4 is 17.9 Å². The van der Waals surface area contributed by atoms with Crippen LogP contribution in [0, 0.1) is 0 Å². The number of urea groups is 1. The average molecular weight is 567 g/mol. The van der Waals surface area contributed by atoms with Crippen LogP contribution < -0.4 is 19.5 Å². The molecule has 2 aromatic rings. The average Bonchev–Trinajstić information content (AvgIpc) is 3.24. The summed E-state index contributed by atoms with van der Waals surface area (Å²) in [6, 6.07) is 11.3. The van der Waals surface area contributed by atoms with Gasteiger partial charge in [0.15, 0.2) is 11.5 Å². The molecule has 0 radical (unpaired) electrons. The second-order valence-corrected chi connectivity index (χ2v) is 9.79. The van der Waals surface area contributed by atoms with E-state index in [0.717, 1.165) is 6.42 Å². The van der Waals surface area contributed by atoms with Gasteiger partial charge in [-0.3, -0.25) is 14.6 Å². The number of carbonyl (C=O) groups excluding carboxylic acids is 3. The maximum Gasteiger partial charge on any atom is 0.338 e. The Hall–Kier alpha value is -4.25. The highest BCUT2D eigenvalue weighted by atomic mass is 16.5. The van der Waals surface area contributed by atoms with Crippen molar-refractivity contribution in [3.8, 4) is 17.2 Å². The van der Waals surface area contributed by atoms with Crippen molar-refractivity contribution in [1.82, 2.24) is 20.0 Å². The van der Waals surface area contributed by atoms with Crippen molar-refractivity contribution < 1.29 is 33.3 Å². The molecule has 1 fully saturated rings. The van der Waals surface area contributed by atoms with Crippen LogP contribution in [0.4, 0.5) is 4.79 Å². The van der Waals surface area contributed by atoms with Crippen LogP contribution in [0.25, 0.3) is 0 Å². The third-order valence-electron chi connectivity index (χ3n) is 7.40. The van der Waals surface area contributed by atoms with Crippen LogP contribution in [-0.4, -0.2) is 100 Å². The standard InChI is InChI=1S/C30H38N4O7/c1-6-41-29(36)26-23(32(2)30(37)31-27(26)21-10-13-24(39-4)25(18-21)40-5)19-33-14-7-15-34(17-16-33)28(35)20-8-11-22(38-3)12-9-20/h8-13,18,27H,6-7,14-17,19H2,1-5H3,(H,31,37). The number of ether oxygens (including phenoxy) is 4. The van der Waals surface area contributed by atoms with Crippen LogP contribution >= 0.6 is 0 Å². The van der Waals surface area contributed by atoms with Gasteiger partial charge in [0.25, 0.3) is 5.91 Å². The quantitative estimate of drug-likeness (QED) is 0.462. The Bertz CT molecular complexity index is 1290. The van der Waals surface area contributed by atoms with Crippen LogP contribution in [0.15, 0.2) is 53.7 Å². The molecule has 3 amide bonds. The van der Waals surface area contributed by atoms with Gasteiger partial charge >= 0.3 is 12.0 Å². The molecule has 220 valence electrons. The van der Waals surface area contributed by atoms with E-state index in [1.54, 1.807) is 70.7 Å². The lowest BCUT2D eigenvalue weighted by Crippen LogP contribution is -2.49. The number of methoxy groups -OCH3 is 3. The molecule has 11 heteroatoms. The fourth-order valence-corrected chi connectivity index (χ4v) is 5.14. The Labute approximate surface area is 240 Å². The highest BCUT2D eigenvalue weighted by Crippen LogP contribution is 2.36. The lowest BCUT2D eigenvalue weighted by atomic mass is 9.94. The van der Waals surface area contributed by atoms with E-state index in [1.807, 2.05) is 4.90 Å². The largest absolute Gasteiger partial charge is 0.497 e. The Morgan fingerprint density at radius 3 is 2.32 bits per heavy atom. The van der Waals surface area contributed by atoms with E-state index in [-0.39, 0.29) is 18.5 Å². The van der Waals surface area contributed by atoms with E-state index in [0.29, 0.717) is 72.4 Å². The first-order valence-corrected chi connectivity index (χ1v) is 13.6.